The number of aromatic nitrogens is 2. The van der Waals surface area contributed by atoms with Crippen molar-refractivity contribution in [3.8, 4) is 0 Å². The molecule has 0 N–H and O–H groups in total. The van der Waals surface area contributed by atoms with Gasteiger partial charge in [0.05, 0.1) is 11.4 Å². The van der Waals surface area contributed by atoms with E-state index in [1.165, 1.54) is 11.1 Å². The third-order valence-electron chi connectivity index (χ3n) is 3.73. The van der Waals surface area contributed by atoms with Crippen molar-refractivity contribution < 1.29 is 0 Å². The Labute approximate surface area is 130 Å². The van der Waals surface area contributed by atoms with E-state index >= 15 is 0 Å². The van der Waals surface area contributed by atoms with Crippen LogP contribution < -0.4 is 0 Å². The summed E-state index contributed by atoms with van der Waals surface area (Å²) < 4.78 is 1.98. The monoisotopic (exact) mass is 292 g/mol. The first-order valence-electron chi connectivity index (χ1n) is 7.51. The van der Waals surface area contributed by atoms with Crippen LogP contribution in [-0.4, -0.2) is 9.38 Å². The highest BCUT2D eigenvalue weighted by Gasteiger charge is 2.07. The van der Waals surface area contributed by atoms with E-state index in [1.54, 1.807) is 0 Å². The normalized spacial score (nSPS) is 11.9. The van der Waals surface area contributed by atoms with Gasteiger partial charge in [0, 0.05) is 6.20 Å². The van der Waals surface area contributed by atoms with Gasteiger partial charge >= 0.3 is 0 Å². The Morgan fingerprint density at radius 2 is 1.68 bits per heavy atom. The lowest BCUT2D eigenvalue weighted by Crippen LogP contribution is -1.85. The first-order chi connectivity index (χ1) is 10.5. The number of imidazole rings is 1. The molecule has 0 saturated carbocycles. The number of hydrogen-bond donors (Lipinski definition) is 0. The maximum atomic E-state index is 4.51. The summed E-state index contributed by atoms with van der Waals surface area (Å²) in [6.07, 6.45) is 2.03. The third-order valence-corrected chi connectivity index (χ3v) is 3.73. The van der Waals surface area contributed by atoms with E-state index in [0.717, 1.165) is 22.8 Å². The van der Waals surface area contributed by atoms with Gasteiger partial charge in [-0.3, -0.25) is 4.40 Å². The fraction of sp³-hybridized carbons (Fsp3) is 0.278. The Morgan fingerprint density at radius 3 is 2.36 bits per heavy atom. The largest absolute Gasteiger partial charge is 0.283 e. The van der Waals surface area contributed by atoms with Gasteiger partial charge in [-0.05, 0) is 49.1 Å². The van der Waals surface area contributed by atoms with Crippen molar-refractivity contribution in [2.75, 3.05) is 0 Å². The minimum atomic E-state index is 0.523. The van der Waals surface area contributed by atoms with E-state index in [2.05, 4.69) is 48.1 Å². The van der Waals surface area contributed by atoms with Crippen molar-refractivity contribution in [1.29, 1.82) is 0 Å². The highest BCUT2D eigenvalue weighted by atomic mass is 15.2. The van der Waals surface area contributed by atoms with Gasteiger partial charge in [0.1, 0.15) is 5.65 Å². The summed E-state index contributed by atoms with van der Waals surface area (Å²) in [5.41, 5.74) is 5.11. The first kappa shape index (κ1) is 14.4. The van der Waals surface area contributed by atoms with E-state index in [4.69, 9.17) is 0 Å². The summed E-state index contributed by atoms with van der Waals surface area (Å²) in [7, 11) is 0. The average molecular weight is 292 g/mol. The molecule has 0 amide bonds. The third kappa shape index (κ3) is 2.77. The van der Waals surface area contributed by atoms with E-state index in [9.17, 15) is 0 Å². The summed E-state index contributed by atoms with van der Waals surface area (Å²) in [5.74, 6) is 1.31. The number of pyridine rings is 1. The van der Waals surface area contributed by atoms with Crippen molar-refractivity contribution in [1.82, 2.24) is 9.38 Å². The molecule has 0 unspecified atom stereocenters. The van der Waals surface area contributed by atoms with Gasteiger partial charge in [0.15, 0.2) is 5.82 Å². The van der Waals surface area contributed by atoms with Crippen LogP contribution in [0, 0.1) is 13.8 Å². The van der Waals surface area contributed by atoms with Gasteiger partial charge in [-0.2, -0.15) is 0 Å². The van der Waals surface area contributed by atoms with Crippen molar-refractivity contribution in [3.05, 3.63) is 59.4 Å². The predicted molar refractivity (Wildman–Crippen MR) is 89.4 cm³/mol. The Morgan fingerprint density at radius 1 is 0.955 bits per heavy atom. The second-order valence-corrected chi connectivity index (χ2v) is 5.90. The molecule has 4 nitrogen and oxygen atoms in total. The fourth-order valence-electron chi connectivity index (χ4n) is 2.41. The van der Waals surface area contributed by atoms with Crippen LogP contribution in [0.3, 0.4) is 0 Å². The van der Waals surface area contributed by atoms with Crippen molar-refractivity contribution >= 4 is 17.2 Å². The number of hydrogen-bond acceptors (Lipinski definition) is 3. The number of benzene rings is 1. The average Bonchev–Trinajstić information content (AvgIpc) is 2.80. The molecule has 3 aromatic rings. The van der Waals surface area contributed by atoms with E-state index in [1.807, 2.05) is 41.8 Å². The quantitative estimate of drug-likeness (QED) is 0.588. The van der Waals surface area contributed by atoms with Crippen LogP contribution >= 0.6 is 0 Å². The van der Waals surface area contributed by atoms with Crippen LogP contribution in [0.25, 0.3) is 5.65 Å². The maximum Gasteiger partial charge on any atom is 0.182 e. The van der Waals surface area contributed by atoms with E-state index < -0.39 is 0 Å². The summed E-state index contributed by atoms with van der Waals surface area (Å²) in [5, 5.41) is 8.76. The fourth-order valence-corrected chi connectivity index (χ4v) is 2.41. The molecule has 0 aliphatic rings. The van der Waals surface area contributed by atoms with Gasteiger partial charge in [0.2, 0.25) is 0 Å². The number of fused-ring (bicyclic) bond motifs is 1. The van der Waals surface area contributed by atoms with Crippen LogP contribution in [0.15, 0.2) is 52.8 Å². The highest BCUT2D eigenvalue weighted by molar-refractivity contribution is 5.52. The lowest BCUT2D eigenvalue weighted by Gasteiger charge is -2.04. The Hall–Kier alpha value is -2.49. The molecule has 0 aliphatic carbocycles. The molecule has 2 aromatic heterocycles. The predicted octanol–water partition coefficient (Wildman–Crippen LogP) is 5.49. The molecule has 4 heteroatoms. The molecule has 0 bridgehead atoms. The van der Waals surface area contributed by atoms with E-state index in [-0.39, 0.29) is 0 Å². The molecule has 0 aliphatic heterocycles. The molecule has 3 rings (SSSR count). The number of aryl methyl sites for hydroxylation is 2. The van der Waals surface area contributed by atoms with Crippen LogP contribution in [-0.2, 0) is 0 Å². The molecule has 0 atom stereocenters. The van der Waals surface area contributed by atoms with Crippen LogP contribution in [0.5, 0.6) is 0 Å². The number of nitrogens with zero attached hydrogens (tertiary/aromatic N) is 4. The van der Waals surface area contributed by atoms with Crippen LogP contribution in [0.1, 0.15) is 36.6 Å². The molecule has 0 saturated heterocycles. The zero-order valence-corrected chi connectivity index (χ0v) is 13.4. The summed E-state index contributed by atoms with van der Waals surface area (Å²) in [6, 6.07) is 12.3. The first-order valence-corrected chi connectivity index (χ1v) is 7.51. The molecule has 112 valence electrons. The summed E-state index contributed by atoms with van der Waals surface area (Å²) in [4.78, 5) is 4.51. The van der Waals surface area contributed by atoms with E-state index in [0.29, 0.717) is 5.92 Å². The van der Waals surface area contributed by atoms with Crippen molar-refractivity contribution in [2.45, 2.75) is 33.6 Å². The van der Waals surface area contributed by atoms with Crippen LogP contribution in [0.4, 0.5) is 11.5 Å². The zero-order chi connectivity index (χ0) is 15.7. The van der Waals surface area contributed by atoms with Gasteiger partial charge < -0.3 is 0 Å². The highest BCUT2D eigenvalue weighted by Crippen LogP contribution is 2.25. The zero-order valence-electron chi connectivity index (χ0n) is 13.4. The molecular weight excluding hydrogens is 272 g/mol. The van der Waals surface area contributed by atoms with Gasteiger partial charge in [-0.1, -0.05) is 32.0 Å². The number of azo groups is 1. The molecule has 0 spiro atoms. The lowest BCUT2D eigenvalue weighted by molar-refractivity contribution is 0.866. The summed E-state index contributed by atoms with van der Waals surface area (Å²) >= 11 is 0. The summed E-state index contributed by atoms with van der Waals surface area (Å²) in [6.45, 7) is 8.38. The minimum absolute atomic E-state index is 0.523. The van der Waals surface area contributed by atoms with Crippen molar-refractivity contribution in [3.63, 3.8) is 0 Å². The van der Waals surface area contributed by atoms with Crippen LogP contribution in [0.2, 0.25) is 0 Å². The molecule has 2 heterocycles. The maximum absolute atomic E-state index is 4.51. The Bertz CT molecular complexity index is 826. The van der Waals surface area contributed by atoms with Crippen molar-refractivity contribution in [2.24, 2.45) is 10.2 Å². The second-order valence-electron chi connectivity index (χ2n) is 5.90. The molecule has 0 fully saturated rings. The topological polar surface area (TPSA) is 42.0 Å². The second kappa shape index (κ2) is 5.72. The smallest absolute Gasteiger partial charge is 0.182 e. The SMILES string of the molecule is Cc1ccc2nc(C)c(N=Nc3ccc(C(C)C)cc3)n2c1. The molecule has 1 aromatic carbocycles. The standard InChI is InChI=1S/C18H20N4/c1-12(2)15-6-8-16(9-7-15)20-21-18-14(4)19-17-10-5-13(3)11-22(17)18/h5-12H,1-4H3. The minimum Gasteiger partial charge on any atom is -0.283 e. The van der Waals surface area contributed by atoms with Gasteiger partial charge in [-0.25, -0.2) is 4.98 Å². The van der Waals surface area contributed by atoms with Gasteiger partial charge in [0.25, 0.3) is 0 Å². The van der Waals surface area contributed by atoms with Gasteiger partial charge in [-0.15, -0.1) is 10.2 Å². The molecule has 0 radical (unpaired) electrons. The number of rotatable bonds is 3. The Kier molecular flexibility index (Phi) is 3.75. The Balaban J connectivity index is 1.95. The lowest BCUT2D eigenvalue weighted by atomic mass is 10.0. The molecular formula is C18H20N4. The molecule has 22 heavy (non-hydrogen) atoms.